The maximum atomic E-state index is 5.37. The number of hydrogen-bond acceptors (Lipinski definition) is 3. The summed E-state index contributed by atoms with van der Waals surface area (Å²) in [7, 11) is 3.85. The van der Waals surface area contributed by atoms with E-state index in [1.165, 1.54) is 5.56 Å². The molecule has 0 aliphatic heterocycles. The predicted molar refractivity (Wildman–Crippen MR) is 75.2 cm³/mol. The molecule has 0 fully saturated rings. The van der Waals surface area contributed by atoms with E-state index in [4.69, 9.17) is 10.5 Å². The molecule has 1 aromatic carbocycles. The third kappa shape index (κ3) is 5.83. The highest BCUT2D eigenvalue weighted by Crippen LogP contribution is 2.07. The minimum Gasteiger partial charge on any atom is -0.385 e. The minimum absolute atomic E-state index is 0.404. The second kappa shape index (κ2) is 8.71. The highest BCUT2D eigenvalue weighted by atomic mass is 16.5. The van der Waals surface area contributed by atoms with Gasteiger partial charge in [0.15, 0.2) is 0 Å². The van der Waals surface area contributed by atoms with E-state index in [2.05, 4.69) is 35.9 Å². The van der Waals surface area contributed by atoms with Crippen molar-refractivity contribution >= 4 is 0 Å². The number of nitrogens with two attached hydrogens (primary N) is 1. The van der Waals surface area contributed by atoms with Crippen molar-refractivity contribution in [2.45, 2.75) is 13.0 Å². The van der Waals surface area contributed by atoms with Crippen LogP contribution in [0.1, 0.15) is 17.5 Å². The maximum absolute atomic E-state index is 5.37. The van der Waals surface area contributed by atoms with Crippen LogP contribution in [0.15, 0.2) is 24.3 Å². The van der Waals surface area contributed by atoms with Crippen LogP contribution in [-0.4, -0.2) is 38.8 Å². The lowest BCUT2D eigenvalue weighted by Crippen LogP contribution is -2.20. The fourth-order valence-corrected chi connectivity index (χ4v) is 1.77. The SMILES string of the molecule is COCCCN(C)Cc1cccc(C#CCN)c1. The topological polar surface area (TPSA) is 38.5 Å². The van der Waals surface area contributed by atoms with Gasteiger partial charge in [-0.15, -0.1) is 0 Å². The van der Waals surface area contributed by atoms with E-state index >= 15 is 0 Å². The van der Waals surface area contributed by atoms with E-state index in [9.17, 15) is 0 Å². The molecule has 3 nitrogen and oxygen atoms in total. The van der Waals surface area contributed by atoms with Crippen molar-refractivity contribution in [3.63, 3.8) is 0 Å². The number of ether oxygens (including phenoxy) is 1. The third-order valence-corrected chi connectivity index (χ3v) is 2.60. The molecular formula is C15H22N2O. The fraction of sp³-hybridized carbons (Fsp3) is 0.467. The molecule has 0 saturated heterocycles. The average molecular weight is 246 g/mol. The summed E-state index contributed by atoms with van der Waals surface area (Å²) in [6.45, 7) is 3.18. The van der Waals surface area contributed by atoms with Gasteiger partial charge in [0.05, 0.1) is 6.54 Å². The summed E-state index contributed by atoms with van der Waals surface area (Å²) < 4.78 is 5.05. The van der Waals surface area contributed by atoms with E-state index in [-0.39, 0.29) is 0 Å². The zero-order chi connectivity index (χ0) is 13.2. The van der Waals surface area contributed by atoms with Gasteiger partial charge in [0.2, 0.25) is 0 Å². The van der Waals surface area contributed by atoms with E-state index < -0.39 is 0 Å². The van der Waals surface area contributed by atoms with Gasteiger partial charge in [-0.05, 0) is 31.2 Å². The molecule has 0 unspecified atom stereocenters. The Labute approximate surface area is 110 Å². The van der Waals surface area contributed by atoms with Crippen molar-refractivity contribution in [3.8, 4) is 11.8 Å². The molecule has 0 heterocycles. The van der Waals surface area contributed by atoms with Crippen LogP contribution in [0.3, 0.4) is 0 Å². The van der Waals surface area contributed by atoms with Gasteiger partial charge in [0, 0.05) is 32.4 Å². The number of nitrogens with zero attached hydrogens (tertiary/aromatic N) is 1. The molecule has 0 aliphatic carbocycles. The van der Waals surface area contributed by atoms with E-state index in [0.29, 0.717) is 6.54 Å². The second-order valence-electron chi connectivity index (χ2n) is 4.29. The minimum atomic E-state index is 0.404. The van der Waals surface area contributed by atoms with Gasteiger partial charge in [-0.3, -0.25) is 0 Å². The van der Waals surface area contributed by atoms with Crippen LogP contribution < -0.4 is 5.73 Å². The summed E-state index contributed by atoms with van der Waals surface area (Å²) in [4.78, 5) is 2.29. The van der Waals surface area contributed by atoms with Crippen LogP contribution in [0.2, 0.25) is 0 Å². The monoisotopic (exact) mass is 246 g/mol. The van der Waals surface area contributed by atoms with Crippen LogP contribution in [0.25, 0.3) is 0 Å². The molecule has 0 radical (unpaired) electrons. The smallest absolute Gasteiger partial charge is 0.0555 e. The van der Waals surface area contributed by atoms with E-state index in [1.807, 2.05) is 12.1 Å². The van der Waals surface area contributed by atoms with Crippen LogP contribution in [0, 0.1) is 11.8 Å². The Hall–Kier alpha value is -1.34. The standard InChI is InChI=1S/C15H22N2O/c1-17(10-5-11-18-2)13-15-7-3-6-14(12-15)8-4-9-16/h3,6-7,12H,5,9-11,13,16H2,1-2H3. The zero-order valence-corrected chi connectivity index (χ0v) is 11.3. The fourth-order valence-electron chi connectivity index (χ4n) is 1.77. The predicted octanol–water partition coefficient (Wildman–Crippen LogP) is 1.47. The highest BCUT2D eigenvalue weighted by Gasteiger charge is 2.00. The number of methoxy groups -OCH3 is 1. The lowest BCUT2D eigenvalue weighted by Gasteiger charge is -2.16. The zero-order valence-electron chi connectivity index (χ0n) is 11.3. The molecular weight excluding hydrogens is 224 g/mol. The summed E-state index contributed by atoms with van der Waals surface area (Å²) >= 11 is 0. The van der Waals surface area contributed by atoms with Gasteiger partial charge in [-0.25, -0.2) is 0 Å². The largest absolute Gasteiger partial charge is 0.385 e. The molecule has 0 aliphatic rings. The van der Waals surface area contributed by atoms with Crippen LogP contribution in [-0.2, 0) is 11.3 Å². The number of rotatable bonds is 6. The average Bonchev–Trinajstić information content (AvgIpc) is 2.37. The Balaban J connectivity index is 2.50. The van der Waals surface area contributed by atoms with Crippen LogP contribution in [0.4, 0.5) is 0 Å². The summed E-state index contributed by atoms with van der Waals surface area (Å²) in [6, 6.07) is 8.30. The van der Waals surface area contributed by atoms with E-state index in [0.717, 1.165) is 31.7 Å². The lowest BCUT2D eigenvalue weighted by atomic mass is 10.1. The maximum Gasteiger partial charge on any atom is 0.0555 e. The van der Waals surface area contributed by atoms with Crippen molar-refractivity contribution in [3.05, 3.63) is 35.4 Å². The number of hydrogen-bond donors (Lipinski definition) is 1. The molecule has 1 aromatic rings. The molecule has 1 rings (SSSR count). The first-order valence-corrected chi connectivity index (χ1v) is 6.21. The Morgan fingerprint density at radius 3 is 2.94 bits per heavy atom. The first-order chi connectivity index (χ1) is 8.76. The normalized spacial score (nSPS) is 10.2. The molecule has 3 heteroatoms. The van der Waals surface area contributed by atoms with Crippen molar-refractivity contribution < 1.29 is 4.74 Å². The molecule has 0 aromatic heterocycles. The van der Waals surface area contributed by atoms with Gasteiger partial charge in [-0.2, -0.15) is 0 Å². The molecule has 2 N–H and O–H groups in total. The van der Waals surface area contributed by atoms with Gasteiger partial charge in [0.1, 0.15) is 0 Å². The first kappa shape index (κ1) is 14.7. The van der Waals surface area contributed by atoms with E-state index in [1.54, 1.807) is 7.11 Å². The number of benzene rings is 1. The van der Waals surface area contributed by atoms with Gasteiger partial charge in [0.25, 0.3) is 0 Å². The van der Waals surface area contributed by atoms with Crippen LogP contribution >= 0.6 is 0 Å². The molecule has 0 bridgehead atoms. The summed E-state index contributed by atoms with van der Waals surface area (Å²) in [6.07, 6.45) is 1.06. The Bertz CT molecular complexity index is 406. The van der Waals surface area contributed by atoms with Gasteiger partial charge in [-0.1, -0.05) is 24.0 Å². The summed E-state index contributed by atoms with van der Waals surface area (Å²) in [5.74, 6) is 5.93. The van der Waals surface area contributed by atoms with Crippen molar-refractivity contribution in [1.29, 1.82) is 0 Å². The molecule has 98 valence electrons. The lowest BCUT2D eigenvalue weighted by molar-refractivity contribution is 0.178. The molecule has 0 atom stereocenters. The van der Waals surface area contributed by atoms with Crippen molar-refractivity contribution in [2.75, 3.05) is 33.9 Å². The quantitative estimate of drug-likeness (QED) is 0.610. The molecule has 18 heavy (non-hydrogen) atoms. The Morgan fingerprint density at radius 2 is 2.22 bits per heavy atom. The molecule has 0 saturated carbocycles. The summed E-state index contributed by atoms with van der Waals surface area (Å²) in [5, 5.41) is 0. The van der Waals surface area contributed by atoms with Crippen molar-refractivity contribution in [2.24, 2.45) is 5.73 Å². The highest BCUT2D eigenvalue weighted by molar-refractivity contribution is 5.37. The Kier molecular flexibility index (Phi) is 7.12. The summed E-state index contributed by atoms with van der Waals surface area (Å²) in [5.41, 5.74) is 7.68. The third-order valence-electron chi connectivity index (χ3n) is 2.60. The Morgan fingerprint density at radius 1 is 1.39 bits per heavy atom. The second-order valence-corrected chi connectivity index (χ2v) is 4.29. The molecule has 0 spiro atoms. The van der Waals surface area contributed by atoms with Crippen molar-refractivity contribution in [1.82, 2.24) is 4.90 Å². The van der Waals surface area contributed by atoms with Gasteiger partial charge < -0.3 is 15.4 Å². The first-order valence-electron chi connectivity index (χ1n) is 6.21. The van der Waals surface area contributed by atoms with Gasteiger partial charge >= 0.3 is 0 Å². The van der Waals surface area contributed by atoms with Crippen LogP contribution in [0.5, 0.6) is 0 Å². The molecule has 0 amide bonds.